The first-order valence-corrected chi connectivity index (χ1v) is 16.5. The molecule has 0 unspecified atom stereocenters. The van der Waals surface area contributed by atoms with Crippen molar-refractivity contribution in [1.82, 2.24) is 0 Å². The lowest BCUT2D eigenvalue weighted by Crippen LogP contribution is -2.38. The van der Waals surface area contributed by atoms with E-state index in [1.54, 1.807) is 34.4 Å². The van der Waals surface area contributed by atoms with Gasteiger partial charge in [0.25, 0.3) is 11.8 Å². The predicted molar refractivity (Wildman–Crippen MR) is 184 cm³/mol. The van der Waals surface area contributed by atoms with Crippen LogP contribution >= 0.6 is 0 Å². The van der Waals surface area contributed by atoms with Gasteiger partial charge in [-0.1, -0.05) is 97.1 Å². The van der Waals surface area contributed by atoms with Gasteiger partial charge in [-0.05, 0) is 59.7 Å². The molecule has 4 heterocycles. The molecule has 4 aliphatic rings. The SMILES string of the molecule is O=C1[C@H]2[C@H](ON(c3ccccc3)[C@@H]2c2ccccc2)C(=O)N1c1ccc(N2C(=O)[C@H]3[C@H](ON(c4ccccc4)[C@H]3c3ccccc3)C2=O)cc1. The summed E-state index contributed by atoms with van der Waals surface area (Å²) in [7, 11) is 0. The minimum Gasteiger partial charge on any atom is -0.273 e. The Morgan fingerprint density at radius 2 is 0.680 bits per heavy atom. The molecular formula is C40H30N4O6. The first-order valence-electron chi connectivity index (χ1n) is 16.5. The molecule has 4 saturated heterocycles. The molecule has 10 nitrogen and oxygen atoms in total. The van der Waals surface area contributed by atoms with E-state index in [9.17, 15) is 19.2 Å². The molecule has 9 rings (SSSR count). The molecule has 0 bridgehead atoms. The van der Waals surface area contributed by atoms with Gasteiger partial charge in [0, 0.05) is 0 Å². The summed E-state index contributed by atoms with van der Waals surface area (Å²) < 4.78 is 0. The molecule has 10 heteroatoms. The second-order valence-corrected chi connectivity index (χ2v) is 12.7. The number of carbonyl (C=O) groups is 4. The number of imide groups is 2. The Balaban J connectivity index is 0.999. The van der Waals surface area contributed by atoms with Gasteiger partial charge < -0.3 is 0 Å². The molecule has 0 aromatic heterocycles. The summed E-state index contributed by atoms with van der Waals surface area (Å²) in [5, 5.41) is 3.32. The highest BCUT2D eigenvalue weighted by Crippen LogP contribution is 2.49. The number of benzene rings is 5. The van der Waals surface area contributed by atoms with E-state index >= 15 is 0 Å². The summed E-state index contributed by atoms with van der Waals surface area (Å²) in [4.78, 5) is 70.7. The van der Waals surface area contributed by atoms with E-state index in [1.807, 2.05) is 121 Å². The van der Waals surface area contributed by atoms with Gasteiger partial charge >= 0.3 is 0 Å². The van der Waals surface area contributed by atoms with Crippen LogP contribution in [0.1, 0.15) is 23.2 Å². The Morgan fingerprint density at radius 3 is 1.02 bits per heavy atom. The average Bonchev–Trinajstić information content (AvgIpc) is 3.89. The maximum absolute atomic E-state index is 14.1. The first-order chi connectivity index (χ1) is 24.5. The molecule has 5 aromatic carbocycles. The average molecular weight is 663 g/mol. The highest BCUT2D eigenvalue weighted by molar-refractivity contribution is 6.25. The van der Waals surface area contributed by atoms with Gasteiger partial charge in [0.2, 0.25) is 11.8 Å². The predicted octanol–water partition coefficient (Wildman–Crippen LogP) is 5.79. The van der Waals surface area contributed by atoms with Gasteiger partial charge in [-0.3, -0.25) is 28.9 Å². The molecule has 50 heavy (non-hydrogen) atoms. The monoisotopic (exact) mass is 662 g/mol. The van der Waals surface area contributed by atoms with Crippen LogP contribution in [0.4, 0.5) is 22.7 Å². The van der Waals surface area contributed by atoms with Crippen LogP contribution in [0.3, 0.4) is 0 Å². The Hall–Kier alpha value is -6.10. The van der Waals surface area contributed by atoms with E-state index in [0.717, 1.165) is 32.3 Å². The van der Waals surface area contributed by atoms with Gasteiger partial charge in [-0.2, -0.15) is 0 Å². The molecule has 0 saturated carbocycles. The third-order valence-electron chi connectivity index (χ3n) is 9.90. The van der Waals surface area contributed by atoms with Crippen molar-refractivity contribution in [2.45, 2.75) is 24.3 Å². The maximum atomic E-state index is 14.1. The van der Waals surface area contributed by atoms with Gasteiger partial charge in [-0.15, -0.1) is 0 Å². The molecule has 6 atom stereocenters. The third-order valence-corrected chi connectivity index (χ3v) is 9.90. The number of nitrogens with zero attached hydrogens (tertiary/aromatic N) is 4. The number of rotatable bonds is 6. The Bertz CT molecular complexity index is 1950. The molecule has 0 N–H and O–H groups in total. The fourth-order valence-electron chi connectivity index (χ4n) is 7.66. The zero-order chi connectivity index (χ0) is 33.9. The smallest absolute Gasteiger partial charge is 0.266 e. The van der Waals surface area contributed by atoms with Crippen molar-refractivity contribution in [3.05, 3.63) is 157 Å². The van der Waals surface area contributed by atoms with Crippen LogP contribution < -0.4 is 19.9 Å². The molecule has 0 aliphatic carbocycles. The summed E-state index contributed by atoms with van der Waals surface area (Å²) in [6, 6.07) is 43.1. The van der Waals surface area contributed by atoms with E-state index < -0.39 is 47.9 Å². The number of hydroxylamine groups is 2. The summed E-state index contributed by atoms with van der Waals surface area (Å²) >= 11 is 0. The van der Waals surface area contributed by atoms with Crippen molar-refractivity contribution in [3.8, 4) is 0 Å². The lowest BCUT2D eigenvalue weighted by Gasteiger charge is -2.29. The number of anilines is 4. The van der Waals surface area contributed by atoms with E-state index in [4.69, 9.17) is 9.68 Å². The van der Waals surface area contributed by atoms with E-state index in [2.05, 4.69) is 0 Å². The van der Waals surface area contributed by atoms with Crippen molar-refractivity contribution >= 4 is 46.4 Å². The molecule has 246 valence electrons. The van der Waals surface area contributed by atoms with Crippen LogP contribution in [0.15, 0.2) is 146 Å². The fourth-order valence-corrected chi connectivity index (χ4v) is 7.66. The van der Waals surface area contributed by atoms with E-state index in [-0.39, 0.29) is 11.8 Å². The van der Waals surface area contributed by atoms with Crippen molar-refractivity contribution in [3.63, 3.8) is 0 Å². The normalized spacial score (nSPS) is 25.8. The topological polar surface area (TPSA) is 99.7 Å². The number of para-hydroxylation sites is 2. The number of hydrogen-bond donors (Lipinski definition) is 0. The van der Waals surface area contributed by atoms with E-state index in [0.29, 0.717) is 11.4 Å². The number of carbonyl (C=O) groups excluding carboxylic acids is 4. The Kier molecular flexibility index (Phi) is 7.08. The van der Waals surface area contributed by atoms with Gasteiger partial charge in [-0.25, -0.2) is 19.9 Å². The number of amides is 4. The summed E-state index contributed by atoms with van der Waals surface area (Å²) in [5.74, 6) is -3.30. The van der Waals surface area contributed by atoms with Crippen LogP contribution in [-0.2, 0) is 28.9 Å². The van der Waals surface area contributed by atoms with Crippen molar-refractivity contribution < 1.29 is 28.9 Å². The van der Waals surface area contributed by atoms with Crippen molar-refractivity contribution in [1.29, 1.82) is 0 Å². The van der Waals surface area contributed by atoms with Crippen molar-refractivity contribution in [2.75, 3.05) is 19.9 Å². The van der Waals surface area contributed by atoms with Crippen LogP contribution in [0.5, 0.6) is 0 Å². The van der Waals surface area contributed by atoms with Crippen molar-refractivity contribution in [2.24, 2.45) is 11.8 Å². The Labute approximate surface area is 287 Å². The number of fused-ring (bicyclic) bond motifs is 2. The number of hydrogen-bond acceptors (Lipinski definition) is 8. The Morgan fingerprint density at radius 1 is 0.360 bits per heavy atom. The molecule has 4 aliphatic heterocycles. The molecule has 4 amide bonds. The minimum atomic E-state index is -1.02. The highest BCUT2D eigenvalue weighted by atomic mass is 16.7. The highest BCUT2D eigenvalue weighted by Gasteiger charge is 2.62. The first kappa shape index (κ1) is 30.0. The maximum Gasteiger partial charge on any atom is 0.266 e. The third kappa shape index (κ3) is 4.57. The standard InChI is InChI=1S/C40H30N4O6/c45-37-31-33(25-13-5-1-6-14-25)43(29-17-9-3-10-18-29)49-35(31)39(47)41(37)27-21-23-28(24-22-27)42-38(46)32-34(26-15-7-2-8-16-26)44(50-36(32)40(42)48)30-19-11-4-12-20-30/h1-24,31-36H/t31-,32-,33-,34+,35+,36+/m1/s1. The lowest BCUT2D eigenvalue weighted by molar-refractivity contribution is -0.127. The van der Waals surface area contributed by atoms with Crippen LogP contribution in [-0.4, -0.2) is 35.8 Å². The molecule has 0 radical (unpaired) electrons. The molecule has 5 aromatic rings. The molecule has 0 spiro atoms. The molecule has 4 fully saturated rings. The van der Waals surface area contributed by atoms with Crippen LogP contribution in [0.2, 0.25) is 0 Å². The lowest BCUT2D eigenvalue weighted by atomic mass is 9.90. The van der Waals surface area contributed by atoms with Gasteiger partial charge in [0.15, 0.2) is 12.2 Å². The summed E-state index contributed by atoms with van der Waals surface area (Å²) in [6.45, 7) is 0. The van der Waals surface area contributed by atoms with Crippen LogP contribution in [0, 0.1) is 11.8 Å². The van der Waals surface area contributed by atoms with E-state index in [1.165, 1.54) is 0 Å². The largest absolute Gasteiger partial charge is 0.273 e. The van der Waals surface area contributed by atoms with Gasteiger partial charge in [0.1, 0.15) is 11.8 Å². The fraction of sp³-hybridized carbons (Fsp3) is 0.150. The second-order valence-electron chi connectivity index (χ2n) is 12.7. The van der Waals surface area contributed by atoms with Crippen LogP contribution in [0.25, 0.3) is 0 Å². The molecular weight excluding hydrogens is 632 g/mol. The zero-order valence-electron chi connectivity index (χ0n) is 26.6. The van der Waals surface area contributed by atoms with Gasteiger partial charge in [0.05, 0.1) is 34.8 Å². The summed E-state index contributed by atoms with van der Waals surface area (Å²) in [5.41, 5.74) is 3.83. The quantitative estimate of drug-likeness (QED) is 0.211. The summed E-state index contributed by atoms with van der Waals surface area (Å²) in [6.07, 6.45) is -2.04. The zero-order valence-corrected chi connectivity index (χ0v) is 26.6. The second kappa shape index (κ2) is 11.8. The minimum absolute atomic E-state index is 0.327.